The molecule has 6 nitrogen and oxygen atoms in total. The number of fused-ring (bicyclic) bond motifs is 1. The van der Waals surface area contributed by atoms with Crippen molar-refractivity contribution < 1.29 is 22.7 Å². The Kier molecular flexibility index (Phi) is 6.68. The summed E-state index contributed by atoms with van der Waals surface area (Å²) in [6.45, 7) is 1.81. The zero-order chi connectivity index (χ0) is 26.0. The molecule has 0 aliphatic carbocycles. The number of hydrogen-bond acceptors (Lipinski definition) is 4. The quantitative estimate of drug-likeness (QED) is 0.336. The summed E-state index contributed by atoms with van der Waals surface area (Å²) in [4.78, 5) is 15.5. The summed E-state index contributed by atoms with van der Waals surface area (Å²) >= 11 is 0. The Labute approximate surface area is 211 Å². The number of ether oxygens (including phenoxy) is 1. The normalized spacial score (nSPS) is 14.4. The van der Waals surface area contributed by atoms with E-state index in [9.17, 15) is 18.0 Å². The van der Waals surface area contributed by atoms with Gasteiger partial charge in [0.1, 0.15) is 0 Å². The van der Waals surface area contributed by atoms with E-state index >= 15 is 0 Å². The largest absolute Gasteiger partial charge is 0.416 e. The molecule has 0 unspecified atom stereocenters. The third-order valence-corrected chi connectivity index (χ3v) is 6.63. The number of halogens is 3. The number of nitriles is 1. The van der Waals surface area contributed by atoms with Crippen LogP contribution in [0, 0.1) is 17.2 Å². The van der Waals surface area contributed by atoms with Gasteiger partial charge in [0.15, 0.2) is 0 Å². The van der Waals surface area contributed by atoms with Crippen molar-refractivity contribution in [3.05, 3.63) is 89.7 Å². The van der Waals surface area contributed by atoms with Gasteiger partial charge in [0.05, 0.1) is 28.9 Å². The molecule has 2 aromatic heterocycles. The minimum Gasteiger partial charge on any atom is -0.381 e. The predicted molar refractivity (Wildman–Crippen MR) is 132 cm³/mol. The van der Waals surface area contributed by atoms with Gasteiger partial charge in [-0.2, -0.15) is 23.5 Å². The van der Waals surface area contributed by atoms with Crippen molar-refractivity contribution in [2.24, 2.45) is 5.92 Å². The summed E-state index contributed by atoms with van der Waals surface area (Å²) in [5, 5.41) is 13.5. The fourth-order valence-electron chi connectivity index (χ4n) is 4.54. The maximum atomic E-state index is 13.8. The third-order valence-electron chi connectivity index (χ3n) is 6.63. The minimum absolute atomic E-state index is 0.210. The number of rotatable bonds is 5. The number of benzene rings is 2. The van der Waals surface area contributed by atoms with E-state index in [0.717, 1.165) is 25.0 Å². The molecule has 0 spiro atoms. The number of carbonyl (C=O) groups is 1. The van der Waals surface area contributed by atoms with Crippen LogP contribution in [0.4, 0.5) is 18.9 Å². The van der Waals surface area contributed by atoms with Crippen LogP contribution in [0.2, 0.25) is 0 Å². The highest BCUT2D eigenvalue weighted by Crippen LogP contribution is 2.32. The first-order valence-corrected chi connectivity index (χ1v) is 11.9. The first kappa shape index (κ1) is 24.5. The van der Waals surface area contributed by atoms with Crippen LogP contribution in [0.25, 0.3) is 16.6 Å². The van der Waals surface area contributed by atoms with Crippen LogP contribution in [0.1, 0.15) is 34.3 Å². The summed E-state index contributed by atoms with van der Waals surface area (Å²) in [6.07, 6.45) is 0.520. The smallest absolute Gasteiger partial charge is 0.381 e. The van der Waals surface area contributed by atoms with Crippen LogP contribution >= 0.6 is 0 Å². The Morgan fingerprint density at radius 3 is 2.43 bits per heavy atom. The molecule has 0 radical (unpaired) electrons. The molecule has 1 aliphatic rings. The van der Waals surface area contributed by atoms with Crippen LogP contribution in [0.15, 0.2) is 73.1 Å². The topological polar surface area (TPSA) is 70.6 Å². The molecule has 5 rings (SSSR count). The zero-order valence-corrected chi connectivity index (χ0v) is 19.8. The van der Waals surface area contributed by atoms with Crippen LogP contribution in [0.3, 0.4) is 0 Å². The van der Waals surface area contributed by atoms with Crippen LogP contribution in [-0.4, -0.2) is 35.3 Å². The molecule has 188 valence electrons. The monoisotopic (exact) mass is 504 g/mol. The third kappa shape index (κ3) is 5.20. The summed E-state index contributed by atoms with van der Waals surface area (Å²) in [6, 6.07) is 17.3. The van der Waals surface area contributed by atoms with Crippen molar-refractivity contribution in [3.63, 3.8) is 0 Å². The molecule has 1 aliphatic heterocycles. The molecule has 0 N–H and O–H groups in total. The van der Waals surface area contributed by atoms with Gasteiger partial charge in [-0.05, 0) is 72.9 Å². The molecule has 0 atom stereocenters. The van der Waals surface area contributed by atoms with Crippen molar-refractivity contribution in [2.45, 2.75) is 19.0 Å². The highest BCUT2D eigenvalue weighted by molar-refractivity contribution is 6.07. The Morgan fingerprint density at radius 2 is 1.78 bits per heavy atom. The highest BCUT2D eigenvalue weighted by atomic mass is 19.4. The first-order chi connectivity index (χ1) is 17.8. The second kappa shape index (κ2) is 10.1. The molecule has 0 bridgehead atoms. The van der Waals surface area contributed by atoms with E-state index in [-0.39, 0.29) is 11.8 Å². The van der Waals surface area contributed by atoms with Crippen molar-refractivity contribution in [1.29, 1.82) is 5.26 Å². The molecule has 3 heterocycles. The lowest BCUT2D eigenvalue weighted by Gasteiger charge is -2.30. The lowest BCUT2D eigenvalue weighted by molar-refractivity contribution is -0.137. The number of amides is 1. The molecule has 9 heteroatoms. The van der Waals surface area contributed by atoms with Gasteiger partial charge < -0.3 is 9.64 Å². The fourth-order valence-corrected chi connectivity index (χ4v) is 4.54. The van der Waals surface area contributed by atoms with Gasteiger partial charge in [0.2, 0.25) is 0 Å². The molecule has 4 aromatic rings. The van der Waals surface area contributed by atoms with Crippen LogP contribution < -0.4 is 4.90 Å². The number of aromatic nitrogens is 2. The number of carbonyl (C=O) groups excluding carboxylic acids is 1. The van der Waals surface area contributed by atoms with E-state index in [4.69, 9.17) is 10.00 Å². The van der Waals surface area contributed by atoms with E-state index in [2.05, 4.69) is 11.2 Å². The predicted octanol–water partition coefficient (Wildman–Crippen LogP) is 5.97. The Balaban J connectivity index is 1.49. The summed E-state index contributed by atoms with van der Waals surface area (Å²) in [5.74, 6) is 0.0630. The van der Waals surface area contributed by atoms with Gasteiger partial charge >= 0.3 is 6.18 Å². The van der Waals surface area contributed by atoms with Gasteiger partial charge in [0, 0.05) is 42.8 Å². The highest BCUT2D eigenvalue weighted by Gasteiger charge is 2.30. The van der Waals surface area contributed by atoms with E-state index in [1.807, 2.05) is 0 Å². The van der Waals surface area contributed by atoms with E-state index < -0.39 is 11.7 Å². The number of anilines is 1. The molecule has 1 amide bonds. The Bertz CT molecular complexity index is 1450. The Hall–Kier alpha value is -4.16. The van der Waals surface area contributed by atoms with Gasteiger partial charge in [-0.1, -0.05) is 12.1 Å². The van der Waals surface area contributed by atoms with Gasteiger partial charge in [-0.3, -0.25) is 4.79 Å². The summed E-state index contributed by atoms with van der Waals surface area (Å²) in [5.41, 5.74) is 2.69. The molecule has 1 saturated heterocycles. The number of pyridine rings is 1. The van der Waals surface area contributed by atoms with E-state index in [1.165, 1.54) is 12.1 Å². The lowest BCUT2D eigenvalue weighted by Crippen LogP contribution is -2.37. The lowest BCUT2D eigenvalue weighted by atomic mass is 9.98. The molecule has 1 fully saturated rings. The van der Waals surface area contributed by atoms with E-state index in [0.29, 0.717) is 53.2 Å². The molecule has 0 saturated carbocycles. The average molecular weight is 505 g/mol. The molecular formula is C28H23F3N4O2. The molecule has 2 aromatic carbocycles. The van der Waals surface area contributed by atoms with Crippen LogP contribution in [-0.2, 0) is 10.9 Å². The van der Waals surface area contributed by atoms with E-state index in [1.54, 1.807) is 58.2 Å². The van der Waals surface area contributed by atoms with Crippen molar-refractivity contribution >= 4 is 17.1 Å². The average Bonchev–Trinajstić information content (AvgIpc) is 3.35. The standard InChI is InChI=1S/C28H23F3N4O2/c29-28(30,31)23-5-3-21(4-6-23)25-17-33-35-12-9-22(15-26(25)35)27(36)34(18-20-10-13-37-14-11-20)24-7-1-19(16-32)2-8-24/h1-9,12,15,17,20H,10-11,13-14,18H2. The van der Waals surface area contributed by atoms with Crippen molar-refractivity contribution in [2.75, 3.05) is 24.7 Å². The minimum atomic E-state index is -4.42. The van der Waals surface area contributed by atoms with Gasteiger partial charge in [-0.15, -0.1) is 0 Å². The summed E-state index contributed by atoms with van der Waals surface area (Å²) in [7, 11) is 0. The Morgan fingerprint density at radius 1 is 1.08 bits per heavy atom. The molecular weight excluding hydrogens is 481 g/mol. The fraction of sp³-hybridized carbons (Fsp3) is 0.250. The zero-order valence-electron chi connectivity index (χ0n) is 19.8. The van der Waals surface area contributed by atoms with Crippen molar-refractivity contribution in [1.82, 2.24) is 9.61 Å². The maximum absolute atomic E-state index is 13.8. The summed E-state index contributed by atoms with van der Waals surface area (Å²) < 4.78 is 46.1. The van der Waals surface area contributed by atoms with Gasteiger partial charge in [0.25, 0.3) is 5.91 Å². The van der Waals surface area contributed by atoms with Crippen LogP contribution in [0.5, 0.6) is 0 Å². The second-order valence-electron chi connectivity index (χ2n) is 9.01. The molecule has 37 heavy (non-hydrogen) atoms. The second-order valence-corrected chi connectivity index (χ2v) is 9.01. The first-order valence-electron chi connectivity index (χ1n) is 11.9. The number of alkyl halides is 3. The van der Waals surface area contributed by atoms with Gasteiger partial charge in [-0.25, -0.2) is 4.52 Å². The van der Waals surface area contributed by atoms with Crippen molar-refractivity contribution in [3.8, 4) is 17.2 Å². The SMILES string of the molecule is N#Cc1ccc(N(CC2CCOCC2)C(=O)c2ccn3ncc(-c4ccc(C(F)(F)F)cc4)c3c2)cc1. The number of nitrogens with zero attached hydrogens (tertiary/aromatic N) is 4. The maximum Gasteiger partial charge on any atom is 0.416 e. The number of hydrogen-bond donors (Lipinski definition) is 0.